The molecule has 3 amide bonds. The summed E-state index contributed by atoms with van der Waals surface area (Å²) in [5.41, 5.74) is 0.768. The Labute approximate surface area is 141 Å². The zero-order valence-electron chi connectivity index (χ0n) is 13.7. The largest absolute Gasteiger partial charge is 0.366 e. The lowest BCUT2D eigenvalue weighted by Crippen LogP contribution is -2.53. The number of ether oxygens (including phenoxy) is 1. The molecule has 2 heterocycles. The zero-order valence-corrected chi connectivity index (χ0v) is 13.7. The van der Waals surface area contributed by atoms with E-state index < -0.39 is 0 Å². The van der Waals surface area contributed by atoms with Gasteiger partial charge in [0.2, 0.25) is 0 Å². The fraction of sp³-hybridized carbons (Fsp3) is 0.529. The molecule has 3 N–H and O–H groups in total. The predicted octanol–water partition coefficient (Wildman–Crippen LogP) is 0.787. The molecule has 0 bridgehead atoms. The molecular formula is C17H24N4O3. The number of hydrogen-bond donors (Lipinski definition) is 3. The molecule has 7 nitrogen and oxygen atoms in total. The van der Waals surface area contributed by atoms with E-state index >= 15 is 0 Å². The van der Waals surface area contributed by atoms with Gasteiger partial charge in [-0.05, 0) is 25.0 Å². The minimum atomic E-state index is -0.371. The number of carbonyl (C=O) groups is 2. The second kappa shape index (κ2) is 8.12. The molecule has 7 heteroatoms. The molecule has 1 unspecified atom stereocenters. The van der Waals surface area contributed by atoms with E-state index in [2.05, 4.69) is 16.0 Å². The van der Waals surface area contributed by atoms with Gasteiger partial charge in [0.15, 0.2) is 0 Å². The molecule has 2 aliphatic rings. The summed E-state index contributed by atoms with van der Waals surface area (Å²) in [4.78, 5) is 26.2. The molecule has 1 aromatic carbocycles. The first-order chi connectivity index (χ1) is 11.7. The van der Waals surface area contributed by atoms with E-state index in [0.717, 1.165) is 25.1 Å². The number of likely N-dealkylation sites (tertiary alicyclic amines) is 1. The van der Waals surface area contributed by atoms with Gasteiger partial charge >= 0.3 is 6.03 Å². The summed E-state index contributed by atoms with van der Waals surface area (Å²) < 4.78 is 5.52. The Balaban J connectivity index is 1.41. The number of anilines is 1. The predicted molar refractivity (Wildman–Crippen MR) is 90.8 cm³/mol. The number of nitrogens with one attached hydrogen (secondary N) is 3. The highest BCUT2D eigenvalue weighted by molar-refractivity contribution is 5.89. The number of carbonyl (C=O) groups excluding carboxylic acids is 2. The number of para-hydroxylation sites is 1. The van der Waals surface area contributed by atoms with Crippen molar-refractivity contribution in [3.63, 3.8) is 0 Å². The summed E-state index contributed by atoms with van der Waals surface area (Å²) in [5, 5.41) is 8.97. The van der Waals surface area contributed by atoms with Crippen LogP contribution >= 0.6 is 0 Å². The van der Waals surface area contributed by atoms with E-state index in [9.17, 15) is 9.59 Å². The second-order valence-corrected chi connectivity index (χ2v) is 6.13. The fourth-order valence-corrected chi connectivity index (χ4v) is 3.05. The number of piperidine rings is 1. The molecule has 130 valence electrons. The first-order valence-corrected chi connectivity index (χ1v) is 8.46. The summed E-state index contributed by atoms with van der Waals surface area (Å²) in [7, 11) is 0. The molecule has 0 aliphatic carbocycles. The van der Waals surface area contributed by atoms with Crippen LogP contribution in [0.2, 0.25) is 0 Å². The number of morpholine rings is 1. The number of amides is 3. The average Bonchev–Trinajstić information content (AvgIpc) is 2.63. The van der Waals surface area contributed by atoms with Crippen molar-refractivity contribution in [2.45, 2.75) is 25.0 Å². The molecule has 0 radical (unpaired) electrons. The van der Waals surface area contributed by atoms with Gasteiger partial charge in [-0.3, -0.25) is 4.79 Å². The lowest BCUT2D eigenvalue weighted by Gasteiger charge is -2.35. The standard InChI is InChI=1S/C17H24N4O3/c22-16(15-12-18-8-11-24-15)21-9-6-14(7-10-21)20-17(23)19-13-4-2-1-3-5-13/h1-5,14-15,18H,6-12H2,(H2,19,20,23). The van der Waals surface area contributed by atoms with E-state index in [1.807, 2.05) is 35.2 Å². The van der Waals surface area contributed by atoms with Gasteiger partial charge in [0.25, 0.3) is 5.91 Å². The van der Waals surface area contributed by atoms with Crippen LogP contribution < -0.4 is 16.0 Å². The van der Waals surface area contributed by atoms with E-state index in [1.54, 1.807) is 0 Å². The maximum atomic E-state index is 12.4. The van der Waals surface area contributed by atoms with Gasteiger partial charge in [-0.2, -0.15) is 0 Å². The van der Waals surface area contributed by atoms with Crippen molar-refractivity contribution in [3.8, 4) is 0 Å². The molecule has 3 rings (SSSR count). The zero-order chi connectivity index (χ0) is 16.8. The topological polar surface area (TPSA) is 82.7 Å². The second-order valence-electron chi connectivity index (χ2n) is 6.13. The van der Waals surface area contributed by atoms with E-state index in [-0.39, 0.29) is 24.1 Å². The summed E-state index contributed by atoms with van der Waals surface area (Å²) in [6, 6.07) is 9.23. The maximum Gasteiger partial charge on any atom is 0.319 e. The molecule has 1 aromatic rings. The first-order valence-electron chi connectivity index (χ1n) is 8.46. The van der Waals surface area contributed by atoms with Gasteiger partial charge in [0.05, 0.1) is 6.61 Å². The molecule has 0 saturated carbocycles. The van der Waals surface area contributed by atoms with E-state index in [4.69, 9.17) is 4.74 Å². The van der Waals surface area contributed by atoms with Crippen molar-refractivity contribution in [1.29, 1.82) is 0 Å². The summed E-state index contributed by atoms with van der Waals surface area (Å²) >= 11 is 0. The quantitative estimate of drug-likeness (QED) is 0.764. The highest BCUT2D eigenvalue weighted by Gasteiger charge is 2.30. The van der Waals surface area contributed by atoms with Crippen LogP contribution in [0.4, 0.5) is 10.5 Å². The summed E-state index contributed by atoms with van der Waals surface area (Å²) in [5.74, 6) is 0.0504. The SMILES string of the molecule is O=C(Nc1ccccc1)NC1CCN(C(=O)C2CNCCO2)CC1. The highest BCUT2D eigenvalue weighted by atomic mass is 16.5. The van der Waals surface area contributed by atoms with Crippen LogP contribution in [0.15, 0.2) is 30.3 Å². The van der Waals surface area contributed by atoms with Crippen LogP contribution in [0, 0.1) is 0 Å². The van der Waals surface area contributed by atoms with E-state index in [0.29, 0.717) is 26.2 Å². The molecule has 2 fully saturated rings. The number of nitrogens with zero attached hydrogens (tertiary/aromatic N) is 1. The van der Waals surface area contributed by atoms with Crippen molar-refractivity contribution >= 4 is 17.6 Å². The van der Waals surface area contributed by atoms with Gasteiger partial charge in [0.1, 0.15) is 6.10 Å². The van der Waals surface area contributed by atoms with Crippen LogP contribution in [-0.2, 0) is 9.53 Å². The Bertz CT molecular complexity index is 552. The number of hydrogen-bond acceptors (Lipinski definition) is 4. The van der Waals surface area contributed by atoms with Crippen molar-refractivity contribution < 1.29 is 14.3 Å². The number of benzene rings is 1. The first kappa shape index (κ1) is 16.7. The monoisotopic (exact) mass is 332 g/mol. The Kier molecular flexibility index (Phi) is 5.66. The Morgan fingerprint density at radius 1 is 1.17 bits per heavy atom. The Morgan fingerprint density at radius 2 is 1.92 bits per heavy atom. The highest BCUT2D eigenvalue weighted by Crippen LogP contribution is 2.14. The van der Waals surface area contributed by atoms with Crippen LogP contribution in [0.5, 0.6) is 0 Å². The third kappa shape index (κ3) is 4.46. The van der Waals surface area contributed by atoms with Crippen molar-refractivity contribution in [2.75, 3.05) is 38.1 Å². The van der Waals surface area contributed by atoms with Crippen molar-refractivity contribution in [3.05, 3.63) is 30.3 Å². The van der Waals surface area contributed by atoms with Crippen molar-refractivity contribution in [1.82, 2.24) is 15.5 Å². The third-order valence-corrected chi connectivity index (χ3v) is 4.38. The van der Waals surface area contributed by atoms with Gasteiger partial charge < -0.3 is 25.6 Å². The molecule has 0 aromatic heterocycles. The maximum absolute atomic E-state index is 12.4. The summed E-state index contributed by atoms with van der Waals surface area (Å²) in [6.45, 7) is 3.25. The Hall–Kier alpha value is -2.12. The van der Waals surface area contributed by atoms with Gasteiger partial charge in [0, 0.05) is 37.9 Å². The van der Waals surface area contributed by atoms with Crippen LogP contribution in [-0.4, -0.2) is 61.8 Å². The lowest BCUT2D eigenvalue weighted by molar-refractivity contribution is -0.146. The fourth-order valence-electron chi connectivity index (χ4n) is 3.05. The van der Waals surface area contributed by atoms with Crippen LogP contribution in [0.1, 0.15) is 12.8 Å². The van der Waals surface area contributed by atoms with Crippen LogP contribution in [0.25, 0.3) is 0 Å². The minimum absolute atomic E-state index is 0.0504. The number of rotatable bonds is 3. The molecule has 1 atom stereocenters. The van der Waals surface area contributed by atoms with Crippen LogP contribution in [0.3, 0.4) is 0 Å². The van der Waals surface area contributed by atoms with Crippen molar-refractivity contribution in [2.24, 2.45) is 0 Å². The van der Waals surface area contributed by atoms with Gasteiger partial charge in [-0.1, -0.05) is 18.2 Å². The molecule has 2 saturated heterocycles. The minimum Gasteiger partial charge on any atom is -0.366 e. The lowest BCUT2D eigenvalue weighted by atomic mass is 10.0. The normalized spacial score (nSPS) is 22.0. The van der Waals surface area contributed by atoms with Gasteiger partial charge in [-0.25, -0.2) is 4.79 Å². The Morgan fingerprint density at radius 3 is 2.58 bits per heavy atom. The molecular weight excluding hydrogens is 308 g/mol. The van der Waals surface area contributed by atoms with E-state index in [1.165, 1.54) is 0 Å². The number of urea groups is 1. The van der Waals surface area contributed by atoms with Gasteiger partial charge in [-0.15, -0.1) is 0 Å². The third-order valence-electron chi connectivity index (χ3n) is 4.38. The smallest absolute Gasteiger partial charge is 0.319 e. The summed E-state index contributed by atoms with van der Waals surface area (Å²) in [6.07, 6.45) is 1.15. The molecule has 24 heavy (non-hydrogen) atoms. The average molecular weight is 332 g/mol. The molecule has 2 aliphatic heterocycles. The molecule has 0 spiro atoms.